The molecule has 1 N–H and O–H groups in total. The molecular weight excluding hydrogens is 242 g/mol. The molecule has 0 aliphatic carbocycles. The summed E-state index contributed by atoms with van der Waals surface area (Å²) < 4.78 is 5.65. The van der Waals surface area contributed by atoms with Crippen LogP contribution in [0.25, 0.3) is 0 Å². The van der Waals surface area contributed by atoms with Crippen LogP contribution >= 0.6 is 0 Å². The van der Waals surface area contributed by atoms with Gasteiger partial charge in [0, 0.05) is 18.8 Å². The number of carbonyl (C=O) groups is 1. The van der Waals surface area contributed by atoms with Crippen molar-refractivity contribution in [2.75, 3.05) is 6.61 Å². The topological polar surface area (TPSA) is 64.1 Å². The quantitative estimate of drug-likeness (QED) is 0.883. The molecule has 1 aliphatic heterocycles. The van der Waals surface area contributed by atoms with Crippen LogP contribution in [0.15, 0.2) is 6.20 Å². The molecule has 1 fully saturated rings. The molecule has 1 aromatic heterocycles. The van der Waals surface area contributed by atoms with Crippen molar-refractivity contribution in [3.63, 3.8) is 0 Å². The molecule has 0 aromatic carbocycles. The zero-order chi connectivity index (χ0) is 14.0. The molecule has 0 radical (unpaired) electrons. The lowest BCUT2D eigenvalue weighted by atomic mass is 9.94. The number of hydrogen-bond acceptors (Lipinski definition) is 4. The van der Waals surface area contributed by atoms with Crippen molar-refractivity contribution < 1.29 is 9.53 Å². The monoisotopic (exact) mass is 263 g/mol. The average molecular weight is 263 g/mol. The molecule has 1 unspecified atom stereocenters. The van der Waals surface area contributed by atoms with E-state index in [-0.39, 0.29) is 17.6 Å². The van der Waals surface area contributed by atoms with Crippen molar-refractivity contribution in [1.82, 2.24) is 15.3 Å². The Morgan fingerprint density at radius 3 is 2.84 bits per heavy atom. The van der Waals surface area contributed by atoms with Crippen LogP contribution in [0.1, 0.15) is 48.6 Å². The van der Waals surface area contributed by atoms with Gasteiger partial charge in [-0.15, -0.1) is 0 Å². The lowest BCUT2D eigenvalue weighted by molar-refractivity contribution is -0.0615. The third kappa shape index (κ3) is 3.50. The number of nitrogens with zero attached hydrogens (tertiary/aromatic N) is 2. The Balaban J connectivity index is 2.04. The van der Waals surface area contributed by atoms with E-state index >= 15 is 0 Å². The predicted molar refractivity (Wildman–Crippen MR) is 72.0 cm³/mol. The van der Waals surface area contributed by atoms with Crippen LogP contribution in [0.3, 0.4) is 0 Å². The van der Waals surface area contributed by atoms with Gasteiger partial charge in [-0.25, -0.2) is 9.97 Å². The predicted octanol–water partition coefficient (Wildman–Crippen LogP) is 1.78. The first-order valence-electron chi connectivity index (χ1n) is 6.62. The Morgan fingerprint density at radius 1 is 1.47 bits per heavy atom. The highest BCUT2D eigenvalue weighted by Gasteiger charge is 2.30. The molecule has 1 aliphatic rings. The number of nitrogens with one attached hydrogen (secondary N) is 1. The minimum absolute atomic E-state index is 0.0970. The lowest BCUT2D eigenvalue weighted by Gasteiger charge is -2.35. The molecule has 0 saturated carbocycles. The van der Waals surface area contributed by atoms with Gasteiger partial charge in [-0.1, -0.05) is 0 Å². The fourth-order valence-electron chi connectivity index (χ4n) is 2.42. The van der Waals surface area contributed by atoms with Crippen molar-refractivity contribution in [3.05, 3.63) is 23.3 Å². The number of hydrogen-bond donors (Lipinski definition) is 1. The number of aryl methyl sites for hydroxylation is 2. The zero-order valence-electron chi connectivity index (χ0n) is 12.0. The molecule has 5 nitrogen and oxygen atoms in total. The second kappa shape index (κ2) is 5.25. The number of amides is 1. The van der Waals surface area contributed by atoms with E-state index in [0.717, 1.165) is 18.5 Å². The fraction of sp³-hybridized carbons (Fsp3) is 0.643. The van der Waals surface area contributed by atoms with E-state index in [9.17, 15) is 4.79 Å². The first-order valence-corrected chi connectivity index (χ1v) is 6.62. The van der Waals surface area contributed by atoms with Gasteiger partial charge in [0.2, 0.25) is 0 Å². The molecule has 19 heavy (non-hydrogen) atoms. The highest BCUT2D eigenvalue weighted by molar-refractivity contribution is 5.95. The van der Waals surface area contributed by atoms with Crippen LogP contribution in [-0.4, -0.2) is 34.1 Å². The second-order valence-electron chi connectivity index (χ2n) is 5.69. The van der Waals surface area contributed by atoms with Gasteiger partial charge in [0.25, 0.3) is 5.91 Å². The van der Waals surface area contributed by atoms with Crippen LogP contribution in [0, 0.1) is 13.8 Å². The molecule has 1 amide bonds. The molecule has 1 aromatic rings. The Morgan fingerprint density at radius 2 is 2.21 bits per heavy atom. The highest BCUT2D eigenvalue weighted by Crippen LogP contribution is 2.24. The maximum absolute atomic E-state index is 12.2. The lowest BCUT2D eigenvalue weighted by Crippen LogP contribution is -2.46. The summed E-state index contributed by atoms with van der Waals surface area (Å²) >= 11 is 0. The maximum Gasteiger partial charge on any atom is 0.254 e. The summed E-state index contributed by atoms with van der Waals surface area (Å²) in [6.07, 6.45) is 3.27. The van der Waals surface area contributed by atoms with Gasteiger partial charge in [0.1, 0.15) is 5.82 Å². The van der Waals surface area contributed by atoms with E-state index < -0.39 is 0 Å². The van der Waals surface area contributed by atoms with Crippen LogP contribution in [0.2, 0.25) is 0 Å². The smallest absolute Gasteiger partial charge is 0.254 e. The van der Waals surface area contributed by atoms with Gasteiger partial charge < -0.3 is 10.1 Å². The molecule has 0 spiro atoms. The number of aromatic nitrogens is 2. The molecule has 104 valence electrons. The summed E-state index contributed by atoms with van der Waals surface area (Å²) in [7, 11) is 0. The van der Waals surface area contributed by atoms with Gasteiger partial charge in [-0.2, -0.15) is 0 Å². The highest BCUT2D eigenvalue weighted by atomic mass is 16.5. The Labute approximate surface area is 113 Å². The van der Waals surface area contributed by atoms with E-state index in [1.54, 1.807) is 6.20 Å². The first kappa shape index (κ1) is 13.9. The minimum Gasteiger partial charge on any atom is -0.375 e. The summed E-state index contributed by atoms with van der Waals surface area (Å²) in [5.41, 5.74) is 1.10. The van der Waals surface area contributed by atoms with Crippen LogP contribution in [-0.2, 0) is 4.74 Å². The molecule has 1 saturated heterocycles. The molecule has 1 atom stereocenters. The summed E-state index contributed by atoms with van der Waals surface area (Å²) in [6.45, 7) is 8.42. The molecule has 2 heterocycles. The third-order valence-electron chi connectivity index (χ3n) is 3.38. The van der Waals surface area contributed by atoms with E-state index in [4.69, 9.17) is 4.74 Å². The van der Waals surface area contributed by atoms with Crippen molar-refractivity contribution in [1.29, 1.82) is 0 Å². The first-order chi connectivity index (χ1) is 8.87. The summed E-state index contributed by atoms with van der Waals surface area (Å²) in [6, 6.07) is 0.150. The summed E-state index contributed by atoms with van der Waals surface area (Å²) in [5, 5.41) is 3.05. The van der Waals surface area contributed by atoms with E-state index in [1.165, 1.54) is 0 Å². The molecular formula is C14H21N3O2. The standard InChI is InChI=1S/C14H21N3O2/c1-9-12(8-15-10(2)16-9)13(18)17-11-5-6-19-14(3,4)7-11/h8,11H,5-7H2,1-4H3,(H,17,18). The Bertz CT molecular complexity index is 486. The zero-order valence-corrected chi connectivity index (χ0v) is 12.0. The van der Waals surface area contributed by atoms with Crippen molar-refractivity contribution >= 4 is 5.91 Å². The van der Waals surface area contributed by atoms with Crippen LogP contribution in [0.4, 0.5) is 0 Å². The Hall–Kier alpha value is -1.49. The van der Waals surface area contributed by atoms with Gasteiger partial charge in [0.15, 0.2) is 0 Å². The molecule has 5 heteroatoms. The maximum atomic E-state index is 12.2. The van der Waals surface area contributed by atoms with E-state index in [0.29, 0.717) is 18.0 Å². The van der Waals surface area contributed by atoms with E-state index in [1.807, 2.05) is 27.7 Å². The van der Waals surface area contributed by atoms with Gasteiger partial charge >= 0.3 is 0 Å². The number of carbonyl (C=O) groups excluding carboxylic acids is 1. The summed E-state index contributed by atoms with van der Waals surface area (Å²) in [5.74, 6) is 0.585. The minimum atomic E-state index is -0.172. The SMILES string of the molecule is Cc1ncc(C(=O)NC2CCOC(C)(C)C2)c(C)n1. The van der Waals surface area contributed by atoms with Crippen molar-refractivity contribution in [2.24, 2.45) is 0 Å². The largest absolute Gasteiger partial charge is 0.375 e. The van der Waals surface area contributed by atoms with Crippen LogP contribution < -0.4 is 5.32 Å². The third-order valence-corrected chi connectivity index (χ3v) is 3.38. The average Bonchev–Trinajstić information content (AvgIpc) is 2.27. The second-order valence-corrected chi connectivity index (χ2v) is 5.69. The van der Waals surface area contributed by atoms with Crippen molar-refractivity contribution in [3.8, 4) is 0 Å². The fourth-order valence-corrected chi connectivity index (χ4v) is 2.42. The van der Waals surface area contributed by atoms with Gasteiger partial charge in [0.05, 0.1) is 16.9 Å². The number of ether oxygens (including phenoxy) is 1. The van der Waals surface area contributed by atoms with Gasteiger partial charge in [-0.05, 0) is 40.5 Å². The summed E-state index contributed by atoms with van der Waals surface area (Å²) in [4.78, 5) is 20.5. The normalized spacial score (nSPS) is 22.0. The van der Waals surface area contributed by atoms with E-state index in [2.05, 4.69) is 15.3 Å². The number of rotatable bonds is 2. The van der Waals surface area contributed by atoms with Gasteiger partial charge in [-0.3, -0.25) is 4.79 Å². The Kier molecular flexibility index (Phi) is 3.85. The molecule has 2 rings (SSSR count). The van der Waals surface area contributed by atoms with Crippen LogP contribution in [0.5, 0.6) is 0 Å². The van der Waals surface area contributed by atoms with Crippen molar-refractivity contribution in [2.45, 2.75) is 52.2 Å². The molecule has 0 bridgehead atoms.